The highest BCUT2D eigenvalue weighted by atomic mass is 35.5. The van der Waals surface area contributed by atoms with Crippen LogP contribution in [0, 0.1) is 6.92 Å². The molecule has 0 aliphatic rings. The summed E-state index contributed by atoms with van der Waals surface area (Å²) in [4.78, 5) is 0. The largest absolute Gasteiger partial charge is 0.117 e. The molecular weight excluding hydrogens is 299 g/mol. The lowest BCUT2D eigenvalue weighted by atomic mass is 9.95. The molecule has 0 aromatic heterocycles. The van der Waals surface area contributed by atoms with Crippen LogP contribution in [-0.4, -0.2) is 0 Å². The minimum Gasteiger partial charge on any atom is -0.117 e. The fraction of sp³-hybridized carbons (Fsp3) is 0.158. The molecule has 1 unspecified atom stereocenters. The van der Waals surface area contributed by atoms with Crippen LogP contribution in [0.5, 0.6) is 0 Å². The second kappa shape index (κ2) is 6.09. The van der Waals surface area contributed by atoms with Gasteiger partial charge in [-0.25, -0.2) is 0 Å². The first-order chi connectivity index (χ1) is 10.1. The Balaban J connectivity index is 1.96. The third-order valence-electron chi connectivity index (χ3n) is 3.84. The Labute approximate surface area is 135 Å². The summed E-state index contributed by atoms with van der Waals surface area (Å²) in [6.07, 6.45) is 0.797. The van der Waals surface area contributed by atoms with Crippen LogP contribution >= 0.6 is 23.2 Å². The van der Waals surface area contributed by atoms with Gasteiger partial charge in [-0.05, 0) is 52.9 Å². The molecule has 2 heteroatoms. The Hall–Kier alpha value is -1.50. The van der Waals surface area contributed by atoms with Gasteiger partial charge in [0.05, 0.1) is 5.38 Å². The third kappa shape index (κ3) is 3.07. The number of hydrogen-bond acceptors (Lipinski definition) is 0. The van der Waals surface area contributed by atoms with E-state index in [-0.39, 0.29) is 5.38 Å². The van der Waals surface area contributed by atoms with Crippen molar-refractivity contribution < 1.29 is 0 Å². The van der Waals surface area contributed by atoms with Crippen molar-refractivity contribution in [2.75, 3.05) is 0 Å². The first kappa shape index (κ1) is 14.4. The number of rotatable bonds is 3. The Bertz CT molecular complexity index is 760. The molecule has 3 aromatic rings. The zero-order valence-corrected chi connectivity index (χ0v) is 13.3. The van der Waals surface area contributed by atoms with E-state index in [2.05, 4.69) is 43.3 Å². The summed E-state index contributed by atoms with van der Waals surface area (Å²) in [5.41, 5.74) is 3.67. The van der Waals surface area contributed by atoms with Crippen LogP contribution in [0.4, 0.5) is 0 Å². The zero-order chi connectivity index (χ0) is 14.8. The van der Waals surface area contributed by atoms with E-state index in [1.54, 1.807) is 0 Å². The van der Waals surface area contributed by atoms with E-state index in [0.29, 0.717) is 0 Å². The minimum absolute atomic E-state index is 0.0447. The fourth-order valence-electron chi connectivity index (χ4n) is 2.68. The molecule has 0 aliphatic carbocycles. The van der Waals surface area contributed by atoms with Gasteiger partial charge in [-0.3, -0.25) is 0 Å². The number of benzene rings is 3. The number of hydrogen-bond donors (Lipinski definition) is 0. The molecule has 0 saturated heterocycles. The maximum Gasteiger partial charge on any atom is 0.0631 e. The van der Waals surface area contributed by atoms with Gasteiger partial charge in [-0.1, -0.05) is 60.1 Å². The van der Waals surface area contributed by atoms with E-state index < -0.39 is 0 Å². The van der Waals surface area contributed by atoms with Crippen LogP contribution in [0.25, 0.3) is 10.8 Å². The average molecular weight is 315 g/mol. The van der Waals surface area contributed by atoms with Crippen molar-refractivity contribution in [2.45, 2.75) is 18.7 Å². The van der Waals surface area contributed by atoms with Gasteiger partial charge in [0.1, 0.15) is 0 Å². The van der Waals surface area contributed by atoms with Crippen LogP contribution in [0.15, 0.2) is 60.7 Å². The van der Waals surface area contributed by atoms with Gasteiger partial charge in [0.2, 0.25) is 0 Å². The van der Waals surface area contributed by atoms with Crippen LogP contribution in [-0.2, 0) is 6.42 Å². The summed E-state index contributed by atoms with van der Waals surface area (Å²) in [5.74, 6) is 0. The van der Waals surface area contributed by atoms with E-state index in [9.17, 15) is 0 Å². The van der Waals surface area contributed by atoms with E-state index in [1.807, 2.05) is 24.3 Å². The van der Waals surface area contributed by atoms with Gasteiger partial charge < -0.3 is 0 Å². The van der Waals surface area contributed by atoms with Gasteiger partial charge in [0.25, 0.3) is 0 Å². The summed E-state index contributed by atoms with van der Waals surface area (Å²) >= 11 is 12.6. The zero-order valence-electron chi connectivity index (χ0n) is 11.8. The van der Waals surface area contributed by atoms with Gasteiger partial charge in [0.15, 0.2) is 0 Å². The molecule has 0 bridgehead atoms. The van der Waals surface area contributed by atoms with Crippen molar-refractivity contribution in [2.24, 2.45) is 0 Å². The number of alkyl halides is 1. The Morgan fingerprint density at radius 2 is 1.52 bits per heavy atom. The SMILES string of the molecule is Cc1ccc(C(Cl)Cc2ccc(Cl)cc2)c2ccccc12. The summed E-state index contributed by atoms with van der Waals surface area (Å²) in [5, 5.41) is 3.23. The molecule has 1 atom stereocenters. The molecule has 0 fully saturated rings. The summed E-state index contributed by atoms with van der Waals surface area (Å²) in [6, 6.07) is 20.6. The summed E-state index contributed by atoms with van der Waals surface area (Å²) in [7, 11) is 0. The Morgan fingerprint density at radius 1 is 0.857 bits per heavy atom. The van der Waals surface area contributed by atoms with Crippen LogP contribution in [0.1, 0.15) is 22.1 Å². The molecule has 21 heavy (non-hydrogen) atoms. The Kier molecular flexibility index (Phi) is 4.19. The van der Waals surface area contributed by atoms with Crippen LogP contribution in [0.3, 0.4) is 0 Å². The quantitative estimate of drug-likeness (QED) is 0.496. The fourth-order valence-corrected chi connectivity index (χ4v) is 3.18. The second-order valence-corrected chi connectivity index (χ2v) is 6.28. The second-order valence-electron chi connectivity index (χ2n) is 5.32. The molecule has 0 amide bonds. The minimum atomic E-state index is -0.0447. The van der Waals surface area contributed by atoms with Crippen molar-refractivity contribution in [3.63, 3.8) is 0 Å². The van der Waals surface area contributed by atoms with Crippen molar-refractivity contribution in [3.05, 3.63) is 82.4 Å². The predicted octanol–water partition coefficient (Wildman–Crippen LogP) is 6.32. The number of fused-ring (bicyclic) bond motifs is 1. The van der Waals surface area contributed by atoms with E-state index >= 15 is 0 Å². The molecule has 0 heterocycles. The van der Waals surface area contributed by atoms with E-state index in [0.717, 1.165) is 11.4 Å². The summed E-state index contributed by atoms with van der Waals surface area (Å²) in [6.45, 7) is 2.13. The van der Waals surface area contributed by atoms with Crippen LogP contribution in [0.2, 0.25) is 5.02 Å². The monoisotopic (exact) mass is 314 g/mol. The normalized spacial score (nSPS) is 12.5. The molecule has 3 rings (SSSR count). The lowest BCUT2D eigenvalue weighted by Crippen LogP contribution is -1.97. The maximum absolute atomic E-state index is 6.68. The maximum atomic E-state index is 6.68. The number of aryl methyl sites for hydroxylation is 1. The van der Waals surface area contributed by atoms with Crippen molar-refractivity contribution in [3.8, 4) is 0 Å². The molecule has 0 saturated carbocycles. The van der Waals surface area contributed by atoms with E-state index in [4.69, 9.17) is 23.2 Å². The van der Waals surface area contributed by atoms with Crippen molar-refractivity contribution in [1.82, 2.24) is 0 Å². The molecule has 0 nitrogen and oxygen atoms in total. The van der Waals surface area contributed by atoms with Gasteiger partial charge >= 0.3 is 0 Å². The highest BCUT2D eigenvalue weighted by Gasteiger charge is 2.13. The lowest BCUT2D eigenvalue weighted by Gasteiger charge is -2.14. The van der Waals surface area contributed by atoms with Crippen molar-refractivity contribution in [1.29, 1.82) is 0 Å². The lowest BCUT2D eigenvalue weighted by molar-refractivity contribution is 0.928. The molecule has 0 aliphatic heterocycles. The Morgan fingerprint density at radius 3 is 2.24 bits per heavy atom. The van der Waals surface area contributed by atoms with Gasteiger partial charge in [-0.15, -0.1) is 11.6 Å². The first-order valence-electron chi connectivity index (χ1n) is 7.02. The highest BCUT2D eigenvalue weighted by Crippen LogP contribution is 2.32. The summed E-state index contributed by atoms with van der Waals surface area (Å²) < 4.78 is 0. The molecule has 3 aromatic carbocycles. The predicted molar refractivity (Wildman–Crippen MR) is 92.4 cm³/mol. The van der Waals surface area contributed by atoms with Gasteiger partial charge in [-0.2, -0.15) is 0 Å². The third-order valence-corrected chi connectivity index (χ3v) is 4.48. The molecule has 0 spiro atoms. The van der Waals surface area contributed by atoms with Crippen LogP contribution < -0.4 is 0 Å². The molecule has 0 N–H and O–H groups in total. The van der Waals surface area contributed by atoms with Gasteiger partial charge in [0, 0.05) is 5.02 Å². The van der Waals surface area contributed by atoms with E-state index in [1.165, 1.54) is 27.5 Å². The smallest absolute Gasteiger partial charge is 0.0631 e. The topological polar surface area (TPSA) is 0 Å². The molecule has 0 radical (unpaired) electrons. The first-order valence-corrected chi connectivity index (χ1v) is 7.83. The molecular formula is C19H16Cl2. The standard InChI is InChI=1S/C19H16Cl2/c1-13-6-11-18(17-5-3-2-4-16(13)17)19(21)12-14-7-9-15(20)10-8-14/h2-11,19H,12H2,1H3. The number of halogens is 2. The highest BCUT2D eigenvalue weighted by molar-refractivity contribution is 6.30. The van der Waals surface area contributed by atoms with Crippen molar-refractivity contribution >= 4 is 34.0 Å². The molecule has 106 valence electrons. The average Bonchev–Trinajstić information content (AvgIpc) is 2.50.